The van der Waals surface area contributed by atoms with Crippen molar-refractivity contribution in [2.24, 2.45) is 0 Å². The van der Waals surface area contributed by atoms with Gasteiger partial charge < -0.3 is 10.1 Å². The average Bonchev–Trinajstić information content (AvgIpc) is 2.43. The van der Waals surface area contributed by atoms with Crippen LogP contribution in [0.3, 0.4) is 0 Å². The summed E-state index contributed by atoms with van der Waals surface area (Å²) in [5, 5.41) is 2.65. The maximum atomic E-state index is 12.0. The number of carbonyl (C=O) groups excluding carboxylic acids is 2. The van der Waals surface area contributed by atoms with Crippen LogP contribution >= 0.6 is 0 Å². The number of nitrogens with zero attached hydrogens (tertiary/aromatic N) is 1. The highest BCUT2D eigenvalue weighted by molar-refractivity contribution is 7.92. The Morgan fingerprint density at radius 3 is 2.52 bits per heavy atom. The van der Waals surface area contributed by atoms with Crippen LogP contribution in [0.25, 0.3) is 0 Å². The summed E-state index contributed by atoms with van der Waals surface area (Å²) in [4.78, 5) is 23.5. The number of sulfonamides is 1. The normalized spacial score (nSPS) is 12.5. The number of amides is 1. The highest BCUT2D eigenvalue weighted by atomic mass is 32.2. The molecule has 1 atom stereocenters. The predicted molar refractivity (Wildman–Crippen MR) is 88.1 cm³/mol. The predicted octanol–water partition coefficient (Wildman–Crippen LogP) is 0.806. The molecule has 1 aromatic carbocycles. The standard InChI is InChI=1S/C15H22N2O5S/c1-11(10-22-3)16-15(19)9-17(23(4,20)21)14-7-5-6-13(8-14)12(2)18/h5-8,11H,9-10H2,1-4H3,(H,16,19)/t11-/m1/s1. The van der Waals surface area contributed by atoms with E-state index in [4.69, 9.17) is 4.74 Å². The van der Waals surface area contributed by atoms with Crippen molar-refractivity contribution in [3.8, 4) is 0 Å². The summed E-state index contributed by atoms with van der Waals surface area (Å²) < 4.78 is 29.9. The monoisotopic (exact) mass is 342 g/mol. The third-order valence-electron chi connectivity index (χ3n) is 3.05. The number of hydrogen-bond donors (Lipinski definition) is 1. The molecule has 0 heterocycles. The number of methoxy groups -OCH3 is 1. The van der Waals surface area contributed by atoms with Gasteiger partial charge in [-0.05, 0) is 26.0 Å². The van der Waals surface area contributed by atoms with Gasteiger partial charge in [0.25, 0.3) is 0 Å². The Morgan fingerprint density at radius 1 is 1.35 bits per heavy atom. The van der Waals surface area contributed by atoms with E-state index >= 15 is 0 Å². The second-order valence-corrected chi connectivity index (χ2v) is 7.21. The molecule has 1 rings (SSSR count). The summed E-state index contributed by atoms with van der Waals surface area (Å²) in [7, 11) is -2.16. The summed E-state index contributed by atoms with van der Waals surface area (Å²) in [5.41, 5.74) is 0.652. The molecule has 0 bridgehead atoms. The first kappa shape index (κ1) is 19.1. The van der Waals surface area contributed by atoms with Crippen LogP contribution in [0.2, 0.25) is 0 Å². The molecule has 0 spiro atoms. The summed E-state index contributed by atoms with van der Waals surface area (Å²) >= 11 is 0. The Bertz CT molecular complexity index is 672. The Kier molecular flexibility index (Phi) is 6.71. The zero-order valence-corrected chi connectivity index (χ0v) is 14.5. The Balaban J connectivity index is 3.01. The molecule has 0 aliphatic carbocycles. The van der Waals surface area contributed by atoms with Crippen LogP contribution in [0, 0.1) is 0 Å². The number of nitrogens with one attached hydrogen (secondary N) is 1. The lowest BCUT2D eigenvalue weighted by atomic mass is 10.1. The van der Waals surface area contributed by atoms with Gasteiger partial charge in [0.15, 0.2) is 5.78 Å². The molecule has 0 radical (unpaired) electrons. The maximum absolute atomic E-state index is 12.0. The molecule has 0 saturated carbocycles. The van der Waals surface area contributed by atoms with Gasteiger partial charge in [0.2, 0.25) is 15.9 Å². The third kappa shape index (κ3) is 5.99. The molecule has 8 heteroatoms. The van der Waals surface area contributed by atoms with E-state index in [1.54, 1.807) is 25.1 Å². The highest BCUT2D eigenvalue weighted by Crippen LogP contribution is 2.19. The summed E-state index contributed by atoms with van der Waals surface area (Å²) in [5.74, 6) is -0.633. The lowest BCUT2D eigenvalue weighted by Crippen LogP contribution is -2.44. The molecule has 0 unspecified atom stereocenters. The largest absolute Gasteiger partial charge is 0.383 e. The summed E-state index contributed by atoms with van der Waals surface area (Å²) in [6.45, 7) is 3.10. The number of ketones is 1. The Hall–Kier alpha value is -1.93. The van der Waals surface area contributed by atoms with Gasteiger partial charge >= 0.3 is 0 Å². The third-order valence-corrected chi connectivity index (χ3v) is 4.19. The summed E-state index contributed by atoms with van der Waals surface area (Å²) in [6.07, 6.45) is 1.01. The number of carbonyl (C=O) groups is 2. The first-order valence-corrected chi connectivity index (χ1v) is 8.87. The smallest absolute Gasteiger partial charge is 0.241 e. The molecule has 23 heavy (non-hydrogen) atoms. The number of anilines is 1. The van der Waals surface area contributed by atoms with Crippen molar-refractivity contribution in [2.75, 3.05) is 30.8 Å². The van der Waals surface area contributed by atoms with E-state index in [9.17, 15) is 18.0 Å². The first-order chi connectivity index (χ1) is 10.6. The zero-order chi connectivity index (χ0) is 17.6. The number of hydrogen-bond acceptors (Lipinski definition) is 5. The molecule has 1 N–H and O–H groups in total. The number of benzene rings is 1. The van der Waals surface area contributed by atoms with Crippen LogP contribution in [0.1, 0.15) is 24.2 Å². The van der Waals surface area contributed by atoms with Gasteiger partial charge in [-0.3, -0.25) is 13.9 Å². The van der Waals surface area contributed by atoms with Crippen molar-refractivity contribution >= 4 is 27.4 Å². The van der Waals surface area contributed by atoms with Gasteiger partial charge in [-0.25, -0.2) is 8.42 Å². The Labute approximate surface area is 136 Å². The second kappa shape index (κ2) is 8.07. The molecule has 0 aliphatic rings. The molecular weight excluding hydrogens is 320 g/mol. The topological polar surface area (TPSA) is 92.8 Å². The molecule has 0 fully saturated rings. The average molecular weight is 342 g/mol. The fourth-order valence-electron chi connectivity index (χ4n) is 2.02. The second-order valence-electron chi connectivity index (χ2n) is 5.30. The van der Waals surface area contributed by atoms with Crippen molar-refractivity contribution in [3.05, 3.63) is 29.8 Å². The van der Waals surface area contributed by atoms with Crippen molar-refractivity contribution < 1.29 is 22.7 Å². The van der Waals surface area contributed by atoms with E-state index in [-0.39, 0.29) is 24.1 Å². The van der Waals surface area contributed by atoms with E-state index in [1.165, 1.54) is 20.1 Å². The van der Waals surface area contributed by atoms with Crippen LogP contribution in [-0.4, -0.2) is 52.7 Å². The lowest BCUT2D eigenvalue weighted by molar-refractivity contribution is -0.120. The minimum absolute atomic E-state index is 0.182. The van der Waals surface area contributed by atoms with Crippen molar-refractivity contribution in [2.45, 2.75) is 19.9 Å². The van der Waals surface area contributed by atoms with Gasteiger partial charge in [0.05, 0.1) is 18.6 Å². The van der Waals surface area contributed by atoms with Gasteiger partial charge in [-0.15, -0.1) is 0 Å². The maximum Gasteiger partial charge on any atom is 0.241 e. The van der Waals surface area contributed by atoms with E-state index in [2.05, 4.69) is 5.32 Å². The van der Waals surface area contributed by atoms with E-state index in [0.717, 1.165) is 10.6 Å². The molecule has 128 valence electrons. The van der Waals surface area contributed by atoms with Crippen LogP contribution in [0.5, 0.6) is 0 Å². The quantitative estimate of drug-likeness (QED) is 0.706. The van der Waals surface area contributed by atoms with Crippen molar-refractivity contribution in [1.82, 2.24) is 5.32 Å². The van der Waals surface area contributed by atoms with Crippen LogP contribution < -0.4 is 9.62 Å². The number of rotatable bonds is 8. The van der Waals surface area contributed by atoms with Gasteiger partial charge in [-0.1, -0.05) is 12.1 Å². The van der Waals surface area contributed by atoms with E-state index in [1.807, 2.05) is 0 Å². The van der Waals surface area contributed by atoms with E-state index in [0.29, 0.717) is 12.2 Å². The van der Waals surface area contributed by atoms with Crippen molar-refractivity contribution in [3.63, 3.8) is 0 Å². The van der Waals surface area contributed by atoms with Gasteiger partial charge in [-0.2, -0.15) is 0 Å². The Morgan fingerprint density at radius 2 is 2.00 bits per heavy atom. The molecule has 1 amide bonds. The molecular formula is C15H22N2O5S. The van der Waals surface area contributed by atoms with Gasteiger partial charge in [0.1, 0.15) is 6.54 Å². The lowest BCUT2D eigenvalue weighted by Gasteiger charge is -2.23. The fourth-order valence-corrected chi connectivity index (χ4v) is 2.87. The molecule has 7 nitrogen and oxygen atoms in total. The summed E-state index contributed by atoms with van der Waals surface area (Å²) in [6, 6.07) is 5.93. The zero-order valence-electron chi connectivity index (χ0n) is 13.7. The number of ether oxygens (including phenoxy) is 1. The number of Topliss-reactive ketones (excluding diaryl/α,β-unsaturated/α-hetero) is 1. The molecule has 0 aliphatic heterocycles. The SMILES string of the molecule is COC[C@@H](C)NC(=O)CN(c1cccc(C(C)=O)c1)S(C)(=O)=O. The van der Waals surface area contributed by atoms with Crippen LogP contribution in [-0.2, 0) is 19.6 Å². The fraction of sp³-hybridized carbons (Fsp3) is 0.467. The van der Waals surface area contributed by atoms with Crippen LogP contribution in [0.15, 0.2) is 24.3 Å². The van der Waals surface area contributed by atoms with Crippen LogP contribution in [0.4, 0.5) is 5.69 Å². The van der Waals surface area contributed by atoms with Gasteiger partial charge in [0, 0.05) is 18.7 Å². The minimum atomic E-state index is -3.67. The molecule has 1 aromatic rings. The van der Waals surface area contributed by atoms with E-state index < -0.39 is 15.9 Å². The molecule has 0 aromatic heterocycles. The van der Waals surface area contributed by atoms with Crippen molar-refractivity contribution in [1.29, 1.82) is 0 Å². The molecule has 0 saturated heterocycles. The highest BCUT2D eigenvalue weighted by Gasteiger charge is 2.22. The first-order valence-electron chi connectivity index (χ1n) is 7.02. The minimum Gasteiger partial charge on any atom is -0.383 e.